The highest BCUT2D eigenvalue weighted by molar-refractivity contribution is 14.0. The fourth-order valence-corrected chi connectivity index (χ4v) is 3.55. The average Bonchev–Trinajstić information content (AvgIpc) is 3.25. The highest BCUT2D eigenvalue weighted by atomic mass is 127. The number of aliphatic imine (C=N–C) groups is 1. The Morgan fingerprint density at radius 2 is 1.62 bits per heavy atom. The number of guanidine groups is 1. The zero-order valence-corrected chi connectivity index (χ0v) is 20.5. The van der Waals surface area contributed by atoms with Gasteiger partial charge in [-0.05, 0) is 16.7 Å². The van der Waals surface area contributed by atoms with E-state index in [9.17, 15) is 13.2 Å². The second kappa shape index (κ2) is 12.8. The van der Waals surface area contributed by atoms with Gasteiger partial charge < -0.3 is 15.4 Å². The molecule has 0 unspecified atom stereocenters. The summed E-state index contributed by atoms with van der Waals surface area (Å²) < 4.78 is 43.9. The van der Waals surface area contributed by atoms with Gasteiger partial charge in [0.05, 0.1) is 19.8 Å². The number of halogens is 4. The Morgan fingerprint density at radius 3 is 2.28 bits per heavy atom. The van der Waals surface area contributed by atoms with Crippen LogP contribution in [0.15, 0.2) is 65.0 Å². The molecule has 1 heterocycles. The molecular formula is C22H24F3IN4OS. The molecule has 0 radical (unpaired) electrons. The van der Waals surface area contributed by atoms with Crippen molar-refractivity contribution in [3.63, 3.8) is 0 Å². The maximum absolute atomic E-state index is 12.7. The first-order valence-corrected chi connectivity index (χ1v) is 10.5. The third kappa shape index (κ3) is 8.06. The van der Waals surface area contributed by atoms with E-state index in [1.165, 1.54) is 0 Å². The molecule has 0 saturated heterocycles. The number of aromatic nitrogens is 1. The molecule has 1 aromatic heterocycles. The lowest BCUT2D eigenvalue weighted by Crippen LogP contribution is -2.36. The second-order valence-electron chi connectivity index (χ2n) is 6.65. The number of nitrogens with zero attached hydrogens (tertiary/aromatic N) is 2. The summed E-state index contributed by atoms with van der Waals surface area (Å²) in [4.78, 5) is 7.73. The first kappa shape index (κ1) is 26.1. The predicted octanol–water partition coefficient (Wildman–Crippen LogP) is 5.36. The number of ether oxygens (including phenoxy) is 1. The van der Waals surface area contributed by atoms with Crippen LogP contribution >= 0.6 is 35.3 Å². The maximum atomic E-state index is 12.7. The zero-order chi connectivity index (χ0) is 22.1. The fourth-order valence-electron chi connectivity index (χ4n) is 2.81. The fraction of sp³-hybridized carbons (Fsp3) is 0.273. The number of rotatable bonds is 8. The van der Waals surface area contributed by atoms with Gasteiger partial charge in [-0.15, -0.1) is 35.3 Å². The van der Waals surface area contributed by atoms with Crippen LogP contribution in [0.1, 0.15) is 27.4 Å². The van der Waals surface area contributed by atoms with E-state index in [1.54, 1.807) is 7.05 Å². The normalized spacial score (nSPS) is 11.7. The minimum Gasteiger partial charge on any atom is -0.372 e. The van der Waals surface area contributed by atoms with Crippen molar-refractivity contribution in [1.82, 2.24) is 15.6 Å². The summed E-state index contributed by atoms with van der Waals surface area (Å²) in [7, 11) is 1.60. The molecular weight excluding hydrogens is 552 g/mol. The van der Waals surface area contributed by atoms with Gasteiger partial charge in [0.15, 0.2) is 11.7 Å². The summed E-state index contributed by atoms with van der Waals surface area (Å²) >= 11 is 0.960. The molecule has 0 saturated carbocycles. The van der Waals surface area contributed by atoms with Crippen LogP contribution in [0.4, 0.5) is 13.2 Å². The molecule has 2 N–H and O–H groups in total. The van der Waals surface area contributed by atoms with Crippen molar-refractivity contribution in [3.05, 3.63) is 87.4 Å². The van der Waals surface area contributed by atoms with Crippen molar-refractivity contribution < 1.29 is 17.9 Å². The summed E-state index contributed by atoms with van der Waals surface area (Å²) in [6.45, 7) is 1.65. The van der Waals surface area contributed by atoms with Gasteiger partial charge in [0.2, 0.25) is 0 Å². The highest BCUT2D eigenvalue weighted by Crippen LogP contribution is 2.29. The van der Waals surface area contributed by atoms with Crippen LogP contribution in [0.3, 0.4) is 0 Å². The molecule has 3 aromatic rings. The Bertz CT molecular complexity index is 996. The molecule has 0 spiro atoms. The highest BCUT2D eigenvalue weighted by Gasteiger charge is 2.33. The van der Waals surface area contributed by atoms with Gasteiger partial charge in [-0.25, -0.2) is 4.98 Å². The standard InChI is InChI=1S/C22H23F3N4OS.HI/c1-26-21(28-12-20-29-19(15-31-20)22(23,24)25)27-11-17-9-5-6-10-18(17)14-30-13-16-7-3-2-4-8-16;/h2-10,15H,11-14H2,1H3,(H2,26,27,28);1H. The van der Waals surface area contributed by atoms with Crippen LogP contribution < -0.4 is 10.6 Å². The van der Waals surface area contributed by atoms with Crippen molar-refractivity contribution in [1.29, 1.82) is 0 Å². The van der Waals surface area contributed by atoms with E-state index in [-0.39, 0.29) is 30.5 Å². The Labute approximate surface area is 206 Å². The SMILES string of the molecule is CN=C(NCc1nc(C(F)(F)F)cs1)NCc1ccccc1COCc1ccccc1.I. The van der Waals surface area contributed by atoms with Crippen molar-refractivity contribution in [3.8, 4) is 0 Å². The second-order valence-corrected chi connectivity index (χ2v) is 7.59. The molecule has 0 aliphatic heterocycles. The van der Waals surface area contributed by atoms with Gasteiger partial charge in [0.25, 0.3) is 0 Å². The molecule has 32 heavy (non-hydrogen) atoms. The first-order valence-electron chi connectivity index (χ1n) is 9.60. The van der Waals surface area contributed by atoms with Crippen LogP contribution in [-0.2, 0) is 37.2 Å². The zero-order valence-electron chi connectivity index (χ0n) is 17.4. The van der Waals surface area contributed by atoms with Gasteiger partial charge in [-0.3, -0.25) is 4.99 Å². The van der Waals surface area contributed by atoms with Crippen LogP contribution in [0, 0.1) is 0 Å². The largest absolute Gasteiger partial charge is 0.434 e. The predicted molar refractivity (Wildman–Crippen MR) is 131 cm³/mol. The maximum Gasteiger partial charge on any atom is 0.434 e. The molecule has 3 rings (SSSR count). The molecule has 0 atom stereocenters. The van der Waals surface area contributed by atoms with Crippen molar-refractivity contribution in [2.45, 2.75) is 32.5 Å². The van der Waals surface area contributed by atoms with Crippen molar-refractivity contribution in [2.75, 3.05) is 7.05 Å². The van der Waals surface area contributed by atoms with E-state index < -0.39 is 11.9 Å². The molecule has 0 fully saturated rings. The van der Waals surface area contributed by atoms with Crippen LogP contribution in [0.2, 0.25) is 0 Å². The number of hydrogen-bond donors (Lipinski definition) is 2. The van der Waals surface area contributed by atoms with E-state index in [0.29, 0.717) is 30.7 Å². The summed E-state index contributed by atoms with van der Waals surface area (Å²) in [6.07, 6.45) is -4.43. The summed E-state index contributed by atoms with van der Waals surface area (Å²) in [5.74, 6) is 0.476. The Morgan fingerprint density at radius 1 is 0.969 bits per heavy atom. The van der Waals surface area contributed by atoms with Gasteiger partial charge in [0.1, 0.15) is 5.01 Å². The third-order valence-electron chi connectivity index (χ3n) is 4.41. The molecule has 0 amide bonds. The Hall–Kier alpha value is -2.18. The average molecular weight is 576 g/mol. The van der Waals surface area contributed by atoms with Crippen LogP contribution in [-0.4, -0.2) is 18.0 Å². The number of hydrogen-bond acceptors (Lipinski definition) is 4. The lowest BCUT2D eigenvalue weighted by molar-refractivity contribution is -0.140. The number of alkyl halides is 3. The first-order chi connectivity index (χ1) is 15.0. The number of thiazole rings is 1. The van der Waals surface area contributed by atoms with Gasteiger partial charge in [-0.1, -0.05) is 54.6 Å². The minimum atomic E-state index is -4.43. The lowest BCUT2D eigenvalue weighted by Gasteiger charge is -2.14. The summed E-state index contributed by atoms with van der Waals surface area (Å²) in [5.41, 5.74) is 2.34. The van der Waals surface area contributed by atoms with Gasteiger partial charge >= 0.3 is 6.18 Å². The summed E-state index contributed by atoms with van der Waals surface area (Å²) in [5, 5.41) is 7.52. The summed E-state index contributed by atoms with van der Waals surface area (Å²) in [6, 6.07) is 17.9. The van der Waals surface area contributed by atoms with E-state index >= 15 is 0 Å². The third-order valence-corrected chi connectivity index (χ3v) is 5.26. The Balaban J connectivity index is 0.00000363. The van der Waals surface area contributed by atoms with Crippen LogP contribution in [0.25, 0.3) is 0 Å². The van der Waals surface area contributed by atoms with E-state index in [0.717, 1.165) is 33.4 Å². The number of benzene rings is 2. The topological polar surface area (TPSA) is 58.5 Å². The molecule has 10 heteroatoms. The minimum absolute atomic E-state index is 0. The number of nitrogens with one attached hydrogen (secondary N) is 2. The van der Waals surface area contributed by atoms with Crippen LogP contribution in [0.5, 0.6) is 0 Å². The monoisotopic (exact) mass is 576 g/mol. The van der Waals surface area contributed by atoms with Gasteiger partial charge in [0, 0.05) is 19.0 Å². The van der Waals surface area contributed by atoms with E-state index in [1.807, 2.05) is 54.6 Å². The van der Waals surface area contributed by atoms with Crippen molar-refractivity contribution in [2.24, 2.45) is 4.99 Å². The Kier molecular flexibility index (Phi) is 10.4. The molecule has 172 valence electrons. The van der Waals surface area contributed by atoms with E-state index in [2.05, 4.69) is 20.6 Å². The van der Waals surface area contributed by atoms with Crippen molar-refractivity contribution >= 4 is 41.3 Å². The smallest absolute Gasteiger partial charge is 0.372 e. The lowest BCUT2D eigenvalue weighted by atomic mass is 10.1. The molecule has 0 aliphatic carbocycles. The van der Waals surface area contributed by atoms with E-state index in [4.69, 9.17) is 4.74 Å². The molecule has 0 bridgehead atoms. The molecule has 0 aliphatic rings. The molecule has 2 aromatic carbocycles. The quantitative estimate of drug-likeness (QED) is 0.216. The van der Waals surface area contributed by atoms with Gasteiger partial charge in [-0.2, -0.15) is 13.2 Å². The molecule has 5 nitrogen and oxygen atoms in total.